The molecule has 0 spiro atoms. The van der Waals surface area contributed by atoms with Crippen LogP contribution in [0.3, 0.4) is 0 Å². The van der Waals surface area contributed by atoms with Crippen molar-refractivity contribution in [1.82, 2.24) is 0 Å². The molecule has 3 atom stereocenters. The minimum atomic E-state index is -4.79. The first-order valence-electron chi connectivity index (χ1n) is 30.4. The van der Waals surface area contributed by atoms with E-state index in [-0.39, 0.29) is 25.9 Å². The number of aliphatic hydroxyl groups is 1. The van der Waals surface area contributed by atoms with Crippen LogP contribution in [-0.2, 0) is 42.2 Å². The molecule has 0 rings (SSSR count). The van der Waals surface area contributed by atoms with E-state index in [2.05, 4.69) is 179 Å². The van der Waals surface area contributed by atoms with E-state index in [9.17, 15) is 28.9 Å². The molecule has 80 heavy (non-hydrogen) atoms. The summed E-state index contributed by atoms with van der Waals surface area (Å²) >= 11 is 0. The predicted octanol–water partition coefficient (Wildman–Crippen LogP) is 18.5. The van der Waals surface area contributed by atoms with E-state index in [4.69, 9.17) is 23.3 Å². The van der Waals surface area contributed by atoms with E-state index in [0.717, 1.165) is 154 Å². The molecule has 0 aliphatic rings. The number of unbranched alkanes of at least 4 members (excludes halogenated alkanes) is 11. The molecular formula is C68H107O11P. The van der Waals surface area contributed by atoms with Gasteiger partial charge >= 0.3 is 25.7 Å². The molecule has 0 radical (unpaired) electrons. The van der Waals surface area contributed by atoms with Crippen molar-refractivity contribution in [3.8, 4) is 0 Å². The Hall–Kier alpha value is -4.90. The molecule has 11 nitrogen and oxygen atoms in total. The van der Waals surface area contributed by atoms with Crippen LogP contribution in [0.25, 0.3) is 0 Å². The van der Waals surface area contributed by atoms with E-state index in [1.165, 1.54) is 0 Å². The van der Waals surface area contributed by atoms with Gasteiger partial charge in [-0.15, -0.1) is 0 Å². The summed E-state index contributed by atoms with van der Waals surface area (Å²) in [5.74, 6) is -1.59. The summed E-state index contributed by atoms with van der Waals surface area (Å²) in [5, 5.41) is 9.85. The summed E-state index contributed by atoms with van der Waals surface area (Å²) in [6.07, 6.45) is 79.1. The topological polar surface area (TPSA) is 155 Å². The lowest BCUT2D eigenvalue weighted by Gasteiger charge is -2.21. The van der Waals surface area contributed by atoms with Gasteiger partial charge in [0.05, 0.1) is 19.8 Å². The molecule has 0 aromatic carbocycles. The zero-order valence-corrected chi connectivity index (χ0v) is 50.6. The fourth-order valence-corrected chi connectivity index (χ4v) is 8.21. The Morgan fingerprint density at radius 3 is 0.975 bits per heavy atom. The first kappa shape index (κ1) is 75.1. The molecule has 3 unspecified atom stereocenters. The Kier molecular flexibility index (Phi) is 56.5. The van der Waals surface area contributed by atoms with Gasteiger partial charge in [-0.1, -0.05) is 211 Å². The van der Waals surface area contributed by atoms with Gasteiger partial charge in [0.2, 0.25) is 0 Å². The molecule has 2 N–H and O–H groups in total. The van der Waals surface area contributed by atoms with Crippen LogP contribution in [0.2, 0.25) is 0 Å². The summed E-state index contributed by atoms with van der Waals surface area (Å²) in [7, 11) is -4.79. The maximum atomic E-state index is 12.9. The Morgan fingerprint density at radius 2 is 0.613 bits per heavy atom. The third-order valence-corrected chi connectivity index (χ3v) is 12.9. The van der Waals surface area contributed by atoms with E-state index in [1.54, 1.807) is 0 Å². The number of carbonyl (C=O) groups excluding carboxylic acids is 3. The van der Waals surface area contributed by atoms with E-state index in [0.29, 0.717) is 19.3 Å². The second-order valence-corrected chi connectivity index (χ2v) is 20.8. The van der Waals surface area contributed by atoms with Crippen LogP contribution >= 0.6 is 7.82 Å². The van der Waals surface area contributed by atoms with E-state index in [1.807, 2.05) is 0 Å². The fourth-order valence-electron chi connectivity index (χ4n) is 7.42. The summed E-state index contributed by atoms with van der Waals surface area (Å²) < 4.78 is 39.5. The maximum absolute atomic E-state index is 12.9. The fraction of sp³-hybridized carbons (Fsp3) is 0.574. The minimum absolute atomic E-state index is 0.109. The number of phosphoric acid groups is 1. The van der Waals surface area contributed by atoms with Crippen molar-refractivity contribution in [2.24, 2.45) is 0 Å². The van der Waals surface area contributed by atoms with Crippen molar-refractivity contribution >= 4 is 25.7 Å². The Labute approximate surface area is 485 Å². The Balaban J connectivity index is 4.84. The number of allylic oxidation sites excluding steroid dienone is 26. The van der Waals surface area contributed by atoms with Crippen molar-refractivity contribution in [2.75, 3.05) is 26.4 Å². The highest BCUT2D eigenvalue weighted by atomic mass is 31.2. The highest BCUT2D eigenvalue weighted by Crippen LogP contribution is 2.43. The number of hydrogen-bond acceptors (Lipinski definition) is 10. The molecule has 0 saturated carbocycles. The molecule has 0 fully saturated rings. The first-order chi connectivity index (χ1) is 39.2. The van der Waals surface area contributed by atoms with Crippen LogP contribution in [0.15, 0.2) is 158 Å². The van der Waals surface area contributed by atoms with Gasteiger partial charge in [0.15, 0.2) is 6.10 Å². The van der Waals surface area contributed by atoms with E-state index < -0.39 is 57.8 Å². The molecule has 0 aliphatic heterocycles. The number of aliphatic hydroxyl groups excluding tert-OH is 1. The average molecular weight is 1130 g/mol. The van der Waals surface area contributed by atoms with Crippen LogP contribution in [0, 0.1) is 0 Å². The molecule has 0 heterocycles. The Bertz CT molecular complexity index is 1950. The van der Waals surface area contributed by atoms with Gasteiger partial charge in [-0.05, 0) is 141 Å². The number of hydrogen-bond donors (Lipinski definition) is 2. The van der Waals surface area contributed by atoms with Gasteiger partial charge in [-0.3, -0.25) is 23.4 Å². The van der Waals surface area contributed by atoms with Crippen molar-refractivity contribution in [2.45, 2.75) is 226 Å². The van der Waals surface area contributed by atoms with Gasteiger partial charge in [0, 0.05) is 19.3 Å². The lowest BCUT2D eigenvalue weighted by atomic mass is 10.1. The van der Waals surface area contributed by atoms with Gasteiger partial charge in [-0.2, -0.15) is 0 Å². The third kappa shape index (κ3) is 57.8. The van der Waals surface area contributed by atoms with Crippen molar-refractivity contribution in [3.05, 3.63) is 158 Å². The van der Waals surface area contributed by atoms with Gasteiger partial charge in [-0.25, -0.2) is 4.57 Å². The minimum Gasteiger partial charge on any atom is -0.462 e. The van der Waals surface area contributed by atoms with Crippen molar-refractivity contribution < 1.29 is 52.2 Å². The van der Waals surface area contributed by atoms with Crippen LogP contribution in [0.4, 0.5) is 0 Å². The third-order valence-electron chi connectivity index (χ3n) is 11.9. The molecule has 12 heteroatoms. The van der Waals surface area contributed by atoms with Gasteiger partial charge < -0.3 is 24.2 Å². The quantitative estimate of drug-likeness (QED) is 0.0197. The number of rotatable bonds is 54. The van der Waals surface area contributed by atoms with Crippen LogP contribution in [-0.4, -0.2) is 66.5 Å². The second kappa shape index (κ2) is 60.2. The number of esters is 3. The molecule has 0 saturated heterocycles. The van der Waals surface area contributed by atoms with Crippen molar-refractivity contribution in [3.63, 3.8) is 0 Å². The van der Waals surface area contributed by atoms with E-state index >= 15 is 0 Å². The summed E-state index contributed by atoms with van der Waals surface area (Å²) in [4.78, 5) is 48.7. The molecular weight excluding hydrogens is 1020 g/mol. The van der Waals surface area contributed by atoms with Crippen LogP contribution < -0.4 is 0 Å². The number of phosphoric ester groups is 1. The smallest absolute Gasteiger partial charge is 0.462 e. The zero-order valence-electron chi connectivity index (χ0n) is 49.7. The molecule has 0 aromatic heterocycles. The molecule has 450 valence electrons. The summed E-state index contributed by atoms with van der Waals surface area (Å²) in [6, 6.07) is 0. The molecule has 0 amide bonds. The van der Waals surface area contributed by atoms with Gasteiger partial charge in [0.25, 0.3) is 0 Å². The maximum Gasteiger partial charge on any atom is 0.472 e. The van der Waals surface area contributed by atoms with Crippen molar-refractivity contribution in [1.29, 1.82) is 0 Å². The highest BCUT2D eigenvalue weighted by Gasteiger charge is 2.28. The lowest BCUT2D eigenvalue weighted by molar-refractivity contribution is -0.161. The second-order valence-electron chi connectivity index (χ2n) is 19.4. The normalized spacial score (nSPS) is 14.4. The number of ether oxygens (including phenoxy) is 3. The van der Waals surface area contributed by atoms with Crippen LogP contribution in [0.5, 0.6) is 0 Å². The van der Waals surface area contributed by atoms with Crippen LogP contribution in [0.1, 0.15) is 213 Å². The summed E-state index contributed by atoms with van der Waals surface area (Å²) in [5.41, 5.74) is 0. The molecule has 0 bridgehead atoms. The van der Waals surface area contributed by atoms with Gasteiger partial charge in [0.1, 0.15) is 12.7 Å². The Morgan fingerprint density at radius 1 is 0.350 bits per heavy atom. The SMILES string of the molecule is CC/C=C\C/C=C\C/C=C\C/C=C\C/C=C\CCCCCC(=O)OC(COC(=O)CCCC/C=C\C/C=C\C/C=C\C/C=C\CC)COP(=O)(O)OCC(CO)OC(=O)CCCCCCCC/C=C\C/C=C\C/C=C\C/C=C\CC. The predicted molar refractivity (Wildman–Crippen MR) is 334 cm³/mol. The highest BCUT2D eigenvalue weighted by molar-refractivity contribution is 7.47. The average Bonchev–Trinajstić information content (AvgIpc) is 3.45. The first-order valence-corrected chi connectivity index (χ1v) is 31.9. The molecule has 0 aliphatic carbocycles. The standard InChI is InChI=1S/C68H107O11P/c1-4-7-10-13-16-19-22-25-28-30-32-34-37-40-43-46-49-52-55-58-67(71)78-64(60-69)62-76-80(73,74)77-63-65(61-75-66(70)57-54-51-48-45-42-39-36-27-24-21-18-15-12-9-6-3)79-68(72)59-56-53-50-47-44-41-38-35-33-31-29-26-23-20-17-14-11-8-5-2/h7-12,16-21,25-29,32-36,41-42,44-45,64-65,69H,4-6,13-15,22-24,30-31,37-40,43,46-63H2,1-3H3,(H,73,74)/b10-7-,11-8-,12-9-,19-16-,20-17-,21-18-,28-25-,29-26-,34-32-,35-33-,36-27-,44-41-,45-42-. The molecule has 0 aromatic rings. The largest absolute Gasteiger partial charge is 0.472 e. The monoisotopic (exact) mass is 1130 g/mol. The lowest BCUT2D eigenvalue weighted by Crippen LogP contribution is -2.30. The number of carbonyl (C=O) groups is 3. The summed E-state index contributed by atoms with van der Waals surface area (Å²) in [6.45, 7) is 4.18. The zero-order chi connectivity index (χ0) is 58.3.